The maximum atomic E-state index is 13.3. The Kier molecular flexibility index (Phi) is 13.2. The predicted octanol–water partition coefficient (Wildman–Crippen LogP) is 11.9. The van der Waals surface area contributed by atoms with Gasteiger partial charge in [-0.2, -0.15) is 0 Å². The molecule has 3 heterocycles. The van der Waals surface area contributed by atoms with E-state index < -0.39 is 5.97 Å². The van der Waals surface area contributed by atoms with Crippen LogP contribution in [0.1, 0.15) is 127 Å². The van der Waals surface area contributed by atoms with Crippen LogP contribution in [0, 0.1) is 51.4 Å². The first-order valence-electron chi connectivity index (χ1n) is 24.7. The van der Waals surface area contributed by atoms with Crippen molar-refractivity contribution in [1.82, 2.24) is 30.6 Å². The number of nitrogens with one attached hydrogen (secondary N) is 1. The summed E-state index contributed by atoms with van der Waals surface area (Å²) in [6, 6.07) is 24.0. The van der Waals surface area contributed by atoms with Crippen molar-refractivity contribution >= 4 is 17.5 Å². The lowest BCUT2D eigenvalue weighted by molar-refractivity contribution is 0.0695. The fourth-order valence-electron chi connectivity index (χ4n) is 11.4. The van der Waals surface area contributed by atoms with E-state index >= 15 is 0 Å². The third-order valence-electron chi connectivity index (χ3n) is 15.5. The number of pyridine rings is 2. The molecule has 4 aliphatic carbocycles. The van der Waals surface area contributed by atoms with Gasteiger partial charge in [0, 0.05) is 64.4 Å². The number of ether oxygens (including phenoxy) is 2. The predicted molar refractivity (Wildman–Crippen MR) is 267 cm³/mol. The van der Waals surface area contributed by atoms with Crippen LogP contribution in [0.2, 0.25) is 0 Å². The number of carbonyl (C=O) groups excluding carboxylic acids is 2. The number of aromatic carboxylic acids is 1. The molecule has 0 saturated heterocycles. The molecule has 356 valence electrons. The second-order valence-electron chi connectivity index (χ2n) is 19.7. The number of carbonyl (C=O) groups is 3. The Morgan fingerprint density at radius 2 is 1.09 bits per heavy atom. The topological polar surface area (TPSA) is 170 Å². The van der Waals surface area contributed by atoms with Crippen LogP contribution in [0.3, 0.4) is 0 Å². The highest BCUT2D eigenvalue weighted by molar-refractivity contribution is 6.05. The van der Waals surface area contributed by atoms with Crippen molar-refractivity contribution in [3.63, 3.8) is 0 Å². The Balaban J connectivity index is 0.000000162. The molecule has 4 aromatic carbocycles. The van der Waals surface area contributed by atoms with Gasteiger partial charge in [0.1, 0.15) is 24.7 Å². The molecule has 0 bridgehead atoms. The van der Waals surface area contributed by atoms with Crippen LogP contribution in [0.15, 0.2) is 97.6 Å². The van der Waals surface area contributed by atoms with Gasteiger partial charge in [0.25, 0.3) is 0 Å². The molecule has 2 fully saturated rings. The Bertz CT molecular complexity index is 3120. The van der Waals surface area contributed by atoms with Gasteiger partial charge in [-0.1, -0.05) is 62.1 Å². The van der Waals surface area contributed by atoms with E-state index in [9.17, 15) is 19.5 Å². The van der Waals surface area contributed by atoms with Gasteiger partial charge in [0.15, 0.2) is 17.4 Å². The monoisotopic (exact) mass is 934 g/mol. The van der Waals surface area contributed by atoms with Gasteiger partial charge in [-0.3, -0.25) is 19.6 Å². The van der Waals surface area contributed by atoms with Crippen LogP contribution in [0.5, 0.6) is 11.5 Å². The number of carboxylic acids is 1. The smallest absolute Gasteiger partial charge is 0.337 e. The van der Waals surface area contributed by atoms with Crippen molar-refractivity contribution in [1.29, 1.82) is 0 Å². The number of nitrogens with zero attached hydrogens (tertiary/aromatic N) is 5. The van der Waals surface area contributed by atoms with E-state index in [1.54, 1.807) is 18.5 Å². The maximum absolute atomic E-state index is 13.3. The lowest BCUT2D eigenvalue weighted by Gasteiger charge is -2.16. The van der Waals surface area contributed by atoms with E-state index in [0.29, 0.717) is 42.4 Å². The summed E-state index contributed by atoms with van der Waals surface area (Å²) in [5.74, 6) is 3.35. The van der Waals surface area contributed by atoms with Crippen molar-refractivity contribution in [3.05, 3.63) is 159 Å². The standard InChI is InChI=1S/C29H29N5O2.C29H29NO4/c1-17-18(2)27-22(12-25(28(27)35)20-7-3-4-8-20)13-26(17)36-16-19-6-5-9-21(10-19)23-11-24(15-30-14-23)29-31-33-34-32-29;1-17-18(2)27-22(12-25(28(27)31)20-7-3-4-8-20)13-26(17)34-16-19-6-5-9-21(10-19)23-11-24(29(32)33)15-30-14-23/h5-6,9-11,13-15,20,25H,3-4,7-8,12,16H2,1-2H3,(H,31,32,33,34);5-6,9-11,13-15,20,25H,3-4,7-8,12,16H2,1-2H3,(H,32,33). The van der Waals surface area contributed by atoms with Crippen molar-refractivity contribution in [2.24, 2.45) is 23.7 Å². The second-order valence-corrected chi connectivity index (χ2v) is 19.7. The minimum Gasteiger partial charge on any atom is -0.489 e. The van der Waals surface area contributed by atoms with Crippen LogP contribution in [0.25, 0.3) is 33.6 Å². The average molecular weight is 935 g/mol. The molecule has 7 aromatic rings. The number of fused-ring (bicyclic) bond motifs is 2. The molecule has 70 heavy (non-hydrogen) atoms. The first-order chi connectivity index (χ1) is 34.0. The van der Waals surface area contributed by atoms with E-state index in [1.807, 2.05) is 56.4 Å². The average Bonchev–Trinajstić information content (AvgIpc) is 4.26. The Labute approximate surface area is 408 Å². The summed E-state index contributed by atoms with van der Waals surface area (Å²) < 4.78 is 12.6. The summed E-state index contributed by atoms with van der Waals surface area (Å²) in [5, 5.41) is 23.3. The summed E-state index contributed by atoms with van der Waals surface area (Å²) in [7, 11) is 0. The van der Waals surface area contributed by atoms with Crippen LogP contribution in [-0.2, 0) is 26.1 Å². The van der Waals surface area contributed by atoms with Crippen molar-refractivity contribution < 1.29 is 29.0 Å². The number of benzene rings is 4. The summed E-state index contributed by atoms with van der Waals surface area (Å²) in [4.78, 5) is 46.2. The summed E-state index contributed by atoms with van der Waals surface area (Å²) in [5.41, 5.74) is 15.1. The first-order valence-corrected chi connectivity index (χ1v) is 24.7. The molecule has 12 nitrogen and oxygen atoms in total. The van der Waals surface area contributed by atoms with E-state index in [1.165, 1.54) is 57.6 Å². The Morgan fingerprint density at radius 1 is 0.600 bits per heavy atom. The SMILES string of the molecule is Cc1c(OCc2cccc(-c3cncc(-c4nnn[nH]4)c3)c2)cc2c(c1C)C(=O)C(C1CCCC1)C2.Cc1c(OCc2cccc(-c3cncc(C(=O)O)c3)c2)cc2c(c1C)C(=O)C(C1CCCC1)C2. The molecule has 0 radical (unpaired) electrons. The molecule has 0 spiro atoms. The number of tetrazole rings is 1. The molecule has 4 aliphatic rings. The lowest BCUT2D eigenvalue weighted by Crippen LogP contribution is -2.18. The van der Waals surface area contributed by atoms with Gasteiger partial charge < -0.3 is 14.6 Å². The number of aromatic amines is 1. The fraction of sp³-hybridized carbons (Fsp3) is 0.345. The van der Waals surface area contributed by atoms with Gasteiger partial charge in [0.2, 0.25) is 0 Å². The van der Waals surface area contributed by atoms with Crippen LogP contribution in [-0.4, -0.2) is 53.2 Å². The van der Waals surface area contributed by atoms with E-state index in [4.69, 9.17) is 9.47 Å². The van der Waals surface area contributed by atoms with Crippen molar-refractivity contribution in [2.75, 3.05) is 0 Å². The van der Waals surface area contributed by atoms with Gasteiger partial charge >= 0.3 is 5.97 Å². The molecule has 2 unspecified atom stereocenters. The second kappa shape index (κ2) is 19.9. The number of rotatable bonds is 12. The quantitative estimate of drug-likeness (QED) is 0.119. The van der Waals surface area contributed by atoms with Gasteiger partial charge in [-0.15, -0.1) is 5.10 Å². The number of aromatic nitrogens is 6. The third kappa shape index (κ3) is 9.39. The molecule has 0 aliphatic heterocycles. The van der Waals surface area contributed by atoms with E-state index in [2.05, 4.69) is 74.8 Å². The molecular weight excluding hydrogens is 877 g/mol. The number of hydrogen-bond donors (Lipinski definition) is 2. The lowest BCUT2D eigenvalue weighted by atomic mass is 9.87. The molecule has 2 saturated carbocycles. The van der Waals surface area contributed by atoms with Gasteiger partial charge in [-0.25, -0.2) is 9.89 Å². The number of H-pyrrole nitrogens is 1. The highest BCUT2D eigenvalue weighted by Crippen LogP contribution is 2.45. The van der Waals surface area contributed by atoms with Gasteiger partial charge in [-0.05, 0) is 181 Å². The van der Waals surface area contributed by atoms with Crippen molar-refractivity contribution in [2.45, 2.75) is 105 Å². The summed E-state index contributed by atoms with van der Waals surface area (Å²) >= 11 is 0. The molecule has 2 N–H and O–H groups in total. The normalized spacial score (nSPS) is 17.6. The highest BCUT2D eigenvalue weighted by atomic mass is 16.5. The first kappa shape index (κ1) is 46.4. The Hall–Kier alpha value is -7.34. The fourth-order valence-corrected chi connectivity index (χ4v) is 11.4. The molecule has 2 atom stereocenters. The summed E-state index contributed by atoms with van der Waals surface area (Å²) in [6.45, 7) is 9.04. The third-order valence-corrected chi connectivity index (χ3v) is 15.5. The zero-order chi connectivity index (χ0) is 48.5. The molecule has 12 heteroatoms. The molecular formula is C58H58N6O6. The number of ketones is 2. The number of Topliss-reactive ketones (excluding diaryl/α,β-unsaturated/α-hetero) is 2. The molecule has 0 amide bonds. The maximum Gasteiger partial charge on any atom is 0.337 e. The van der Waals surface area contributed by atoms with E-state index in [0.717, 1.165) is 108 Å². The summed E-state index contributed by atoms with van der Waals surface area (Å²) in [6.07, 6.45) is 18.0. The van der Waals surface area contributed by atoms with Crippen molar-refractivity contribution in [3.8, 4) is 45.1 Å². The largest absolute Gasteiger partial charge is 0.489 e. The minimum absolute atomic E-state index is 0.137. The zero-order valence-electron chi connectivity index (χ0n) is 40.3. The number of carboxylic acid groups (broad SMARTS) is 1. The van der Waals surface area contributed by atoms with Crippen LogP contribution in [0.4, 0.5) is 0 Å². The molecule has 11 rings (SSSR count). The van der Waals surface area contributed by atoms with Gasteiger partial charge in [0.05, 0.1) is 5.56 Å². The molecule has 3 aromatic heterocycles. The minimum atomic E-state index is -0.995. The van der Waals surface area contributed by atoms with E-state index in [-0.39, 0.29) is 17.4 Å². The zero-order valence-corrected chi connectivity index (χ0v) is 40.3. The highest BCUT2D eigenvalue weighted by Gasteiger charge is 2.40. The Morgan fingerprint density at radius 3 is 1.57 bits per heavy atom. The number of hydrogen-bond acceptors (Lipinski definition) is 10. The van der Waals surface area contributed by atoms with Crippen LogP contribution < -0.4 is 9.47 Å². The van der Waals surface area contributed by atoms with Crippen LogP contribution >= 0.6 is 0 Å².